The van der Waals surface area contributed by atoms with Crippen LogP contribution in [0.2, 0.25) is 0 Å². The van der Waals surface area contributed by atoms with E-state index in [1.165, 1.54) is 71.3 Å². The molecule has 10 aromatic rings. The molecule has 0 saturated carbocycles. The molecule has 0 aliphatic rings. The van der Waals surface area contributed by atoms with Crippen molar-refractivity contribution in [2.75, 3.05) is 4.90 Å². The molecule has 54 heavy (non-hydrogen) atoms. The molecule has 0 amide bonds. The van der Waals surface area contributed by atoms with Crippen LogP contribution in [-0.4, -0.2) is 4.98 Å². The van der Waals surface area contributed by atoms with Gasteiger partial charge in [-0.25, -0.2) is 4.98 Å². The molecule has 0 fully saturated rings. The van der Waals surface area contributed by atoms with Gasteiger partial charge in [-0.1, -0.05) is 158 Å². The van der Waals surface area contributed by atoms with Crippen molar-refractivity contribution in [2.45, 2.75) is 6.92 Å². The first-order valence-electron chi connectivity index (χ1n) is 18.5. The summed E-state index contributed by atoms with van der Waals surface area (Å²) in [5.41, 5.74) is 10.6. The minimum absolute atomic E-state index is 0.908. The van der Waals surface area contributed by atoms with E-state index in [1.807, 2.05) is 6.20 Å². The molecule has 0 saturated heterocycles. The van der Waals surface area contributed by atoms with Gasteiger partial charge in [0.05, 0.1) is 0 Å². The monoisotopic (exact) mass is 688 g/mol. The fourth-order valence-electron chi connectivity index (χ4n) is 8.32. The number of benzene rings is 9. The molecule has 254 valence electrons. The van der Waals surface area contributed by atoms with E-state index in [0.717, 1.165) is 28.0 Å². The Bertz CT molecular complexity index is 2980. The van der Waals surface area contributed by atoms with Crippen molar-refractivity contribution in [3.05, 3.63) is 206 Å². The number of nitrogens with zero attached hydrogens (tertiary/aromatic N) is 2. The van der Waals surface area contributed by atoms with E-state index in [2.05, 4.69) is 206 Å². The number of pyridine rings is 1. The molecule has 0 radical (unpaired) electrons. The van der Waals surface area contributed by atoms with Crippen LogP contribution in [0.4, 0.5) is 17.2 Å². The molecule has 0 unspecified atom stereocenters. The third-order valence-corrected chi connectivity index (χ3v) is 10.7. The summed E-state index contributed by atoms with van der Waals surface area (Å²) in [5.74, 6) is 0.908. The lowest BCUT2D eigenvalue weighted by Gasteiger charge is -2.27. The minimum Gasteiger partial charge on any atom is -0.295 e. The van der Waals surface area contributed by atoms with Gasteiger partial charge >= 0.3 is 0 Å². The van der Waals surface area contributed by atoms with Crippen LogP contribution in [0.15, 0.2) is 200 Å². The second-order valence-corrected chi connectivity index (χ2v) is 14.0. The van der Waals surface area contributed by atoms with Crippen LogP contribution < -0.4 is 4.90 Å². The molecule has 2 nitrogen and oxygen atoms in total. The lowest BCUT2D eigenvalue weighted by atomic mass is 9.81. The van der Waals surface area contributed by atoms with Crippen molar-refractivity contribution in [1.29, 1.82) is 0 Å². The Balaban J connectivity index is 1.37. The van der Waals surface area contributed by atoms with Crippen LogP contribution in [0.5, 0.6) is 0 Å². The SMILES string of the molecule is Cc1cccc(N(c2ccc3c(c2)c2ccccc2c2c(-c4ccccc4)cc(-c4ccccc4)c(-c4ccccc4)c32)c2nccc3ccccc23)c1. The molecular formula is C52H36N2. The Morgan fingerprint density at radius 3 is 1.70 bits per heavy atom. The second kappa shape index (κ2) is 13.2. The van der Waals surface area contributed by atoms with Gasteiger partial charge in [-0.3, -0.25) is 4.90 Å². The van der Waals surface area contributed by atoms with E-state index in [9.17, 15) is 0 Å². The third kappa shape index (κ3) is 5.31. The Labute approximate surface area is 315 Å². The van der Waals surface area contributed by atoms with Gasteiger partial charge in [0.25, 0.3) is 0 Å². The molecular weight excluding hydrogens is 653 g/mol. The summed E-state index contributed by atoms with van der Waals surface area (Å²) < 4.78 is 0. The number of fused-ring (bicyclic) bond motifs is 7. The van der Waals surface area contributed by atoms with Crippen LogP contribution in [0.25, 0.3) is 76.5 Å². The van der Waals surface area contributed by atoms with Gasteiger partial charge in [0.1, 0.15) is 5.82 Å². The quantitative estimate of drug-likeness (QED) is 0.162. The Kier molecular flexibility index (Phi) is 7.74. The standard InChI is InChI=1S/C52H36N2/c1-35-16-15-24-40(32-35)54(52-42-25-12-11-21-38(42)30-31-53-52)41-28-29-45-48(33-41)43-26-13-14-27-44(43)50-47(37-19-7-3-8-20-37)34-46(36-17-5-2-6-18-36)49(51(45)50)39-22-9-4-10-23-39/h2-34H,1H3. The zero-order valence-corrected chi connectivity index (χ0v) is 29.9. The Morgan fingerprint density at radius 1 is 0.389 bits per heavy atom. The average molecular weight is 689 g/mol. The van der Waals surface area contributed by atoms with Crippen LogP contribution in [0.3, 0.4) is 0 Å². The molecule has 1 aromatic heterocycles. The predicted octanol–water partition coefficient (Wildman–Crippen LogP) is 14.5. The molecule has 2 heteroatoms. The highest BCUT2D eigenvalue weighted by molar-refractivity contribution is 6.33. The maximum absolute atomic E-state index is 5.05. The molecule has 0 aliphatic carbocycles. The fourth-order valence-corrected chi connectivity index (χ4v) is 8.32. The van der Waals surface area contributed by atoms with Crippen molar-refractivity contribution < 1.29 is 0 Å². The van der Waals surface area contributed by atoms with Crippen LogP contribution in [0, 0.1) is 6.92 Å². The van der Waals surface area contributed by atoms with Gasteiger partial charge in [0, 0.05) is 23.0 Å². The predicted molar refractivity (Wildman–Crippen MR) is 230 cm³/mol. The van der Waals surface area contributed by atoms with Gasteiger partial charge in [0.2, 0.25) is 0 Å². The summed E-state index contributed by atoms with van der Waals surface area (Å²) >= 11 is 0. The van der Waals surface area contributed by atoms with Gasteiger partial charge < -0.3 is 0 Å². The molecule has 10 rings (SSSR count). The highest BCUT2D eigenvalue weighted by Gasteiger charge is 2.23. The Morgan fingerprint density at radius 2 is 0.981 bits per heavy atom. The smallest absolute Gasteiger partial charge is 0.145 e. The topological polar surface area (TPSA) is 16.1 Å². The number of aromatic nitrogens is 1. The normalized spacial score (nSPS) is 11.4. The largest absolute Gasteiger partial charge is 0.295 e. The van der Waals surface area contributed by atoms with Gasteiger partial charge in [-0.05, 0) is 120 Å². The van der Waals surface area contributed by atoms with Gasteiger partial charge in [-0.2, -0.15) is 0 Å². The number of rotatable bonds is 6. The lowest BCUT2D eigenvalue weighted by molar-refractivity contribution is 1.20. The minimum atomic E-state index is 0.908. The summed E-state index contributed by atoms with van der Waals surface area (Å²) in [6.45, 7) is 2.15. The van der Waals surface area contributed by atoms with Crippen molar-refractivity contribution >= 4 is 60.3 Å². The van der Waals surface area contributed by atoms with Gasteiger partial charge in [0.15, 0.2) is 0 Å². The number of hydrogen-bond donors (Lipinski definition) is 0. The molecule has 1 heterocycles. The molecule has 9 aromatic carbocycles. The maximum atomic E-state index is 5.05. The second-order valence-electron chi connectivity index (χ2n) is 14.0. The van der Waals surface area contributed by atoms with E-state index in [1.54, 1.807) is 0 Å². The number of aryl methyl sites for hydroxylation is 1. The maximum Gasteiger partial charge on any atom is 0.145 e. The summed E-state index contributed by atoms with van der Waals surface area (Å²) in [7, 11) is 0. The first-order valence-corrected chi connectivity index (χ1v) is 18.5. The van der Waals surface area contributed by atoms with E-state index in [-0.39, 0.29) is 0 Å². The van der Waals surface area contributed by atoms with Crippen molar-refractivity contribution in [3.63, 3.8) is 0 Å². The first kappa shape index (κ1) is 31.7. The van der Waals surface area contributed by atoms with E-state index >= 15 is 0 Å². The zero-order valence-electron chi connectivity index (χ0n) is 29.9. The lowest BCUT2D eigenvalue weighted by Crippen LogP contribution is -2.12. The van der Waals surface area contributed by atoms with Crippen molar-refractivity contribution in [3.8, 4) is 33.4 Å². The summed E-state index contributed by atoms with van der Waals surface area (Å²) in [6, 6.07) is 70.4. The van der Waals surface area contributed by atoms with Gasteiger partial charge in [-0.15, -0.1) is 0 Å². The van der Waals surface area contributed by atoms with E-state index < -0.39 is 0 Å². The third-order valence-electron chi connectivity index (χ3n) is 10.7. The summed E-state index contributed by atoms with van der Waals surface area (Å²) in [4.78, 5) is 7.37. The Hall–Kier alpha value is -7.03. The van der Waals surface area contributed by atoms with Crippen LogP contribution >= 0.6 is 0 Å². The highest BCUT2D eigenvalue weighted by atomic mass is 15.2. The molecule has 0 N–H and O–H groups in total. The highest BCUT2D eigenvalue weighted by Crippen LogP contribution is 2.50. The molecule has 0 spiro atoms. The number of anilines is 3. The van der Waals surface area contributed by atoms with E-state index in [0.29, 0.717) is 0 Å². The zero-order chi connectivity index (χ0) is 36.0. The average Bonchev–Trinajstić information content (AvgIpc) is 3.24. The summed E-state index contributed by atoms with van der Waals surface area (Å²) in [6.07, 6.45) is 1.92. The van der Waals surface area contributed by atoms with E-state index in [4.69, 9.17) is 4.98 Å². The van der Waals surface area contributed by atoms with Crippen molar-refractivity contribution in [1.82, 2.24) is 4.98 Å². The first-order chi connectivity index (χ1) is 26.7. The van der Waals surface area contributed by atoms with Crippen LogP contribution in [0.1, 0.15) is 5.56 Å². The number of hydrogen-bond acceptors (Lipinski definition) is 2. The fraction of sp³-hybridized carbons (Fsp3) is 0.0192. The molecule has 0 atom stereocenters. The molecule has 0 bridgehead atoms. The molecule has 0 aliphatic heterocycles. The van der Waals surface area contributed by atoms with Crippen LogP contribution in [-0.2, 0) is 0 Å². The van der Waals surface area contributed by atoms with Crippen molar-refractivity contribution in [2.24, 2.45) is 0 Å². The summed E-state index contributed by atoms with van der Waals surface area (Å²) in [5, 5.41) is 9.67.